The minimum absolute atomic E-state index is 0.295. The van der Waals surface area contributed by atoms with Crippen LogP contribution in [0.25, 0.3) is 0 Å². The molecule has 1 aliphatic rings. The van der Waals surface area contributed by atoms with Crippen molar-refractivity contribution < 1.29 is 9.53 Å². The Labute approximate surface area is 205 Å². The van der Waals surface area contributed by atoms with Gasteiger partial charge in [-0.1, -0.05) is 36.2 Å². The van der Waals surface area contributed by atoms with Gasteiger partial charge in [-0.25, -0.2) is 14.5 Å². The third-order valence-corrected chi connectivity index (χ3v) is 7.20. The van der Waals surface area contributed by atoms with Gasteiger partial charge in [0, 0.05) is 14.9 Å². The first-order valence-electron chi connectivity index (χ1n) is 9.98. The molecule has 0 spiro atoms. The number of esters is 1. The molecule has 168 valence electrons. The van der Waals surface area contributed by atoms with Crippen molar-refractivity contribution in [2.45, 2.75) is 32.7 Å². The summed E-state index contributed by atoms with van der Waals surface area (Å²) in [6, 6.07) is 5.31. The standard InChI is InChI=1S/C21H21Cl2N5O2S2/c1-11-3-6-14-16(7-11)32-18(17(14)19(29)30-2)25-21(31)26-20-24-10-28(27-20)9-12-4-5-13(22)8-15(12)23/h4-5,8,10-11H,3,6-7,9H2,1-2H3,(H2,25,26,27,31). The summed E-state index contributed by atoms with van der Waals surface area (Å²) in [5.74, 6) is 0.568. The number of methoxy groups -OCH3 is 1. The fraction of sp³-hybridized carbons (Fsp3) is 0.333. The van der Waals surface area contributed by atoms with Crippen LogP contribution in [0.5, 0.6) is 0 Å². The van der Waals surface area contributed by atoms with Crippen LogP contribution in [0.3, 0.4) is 0 Å². The molecule has 0 amide bonds. The highest BCUT2D eigenvalue weighted by Crippen LogP contribution is 2.40. The third-order valence-electron chi connectivity index (χ3n) is 5.24. The molecule has 1 aliphatic carbocycles. The van der Waals surface area contributed by atoms with Gasteiger partial charge in [0.05, 0.1) is 19.2 Å². The number of benzene rings is 1. The van der Waals surface area contributed by atoms with E-state index in [1.807, 2.05) is 6.07 Å². The van der Waals surface area contributed by atoms with Crippen LogP contribution in [-0.4, -0.2) is 33.0 Å². The Bertz CT molecular complexity index is 1180. The first-order chi connectivity index (χ1) is 15.3. The Morgan fingerprint density at radius 1 is 1.38 bits per heavy atom. The molecule has 0 saturated carbocycles. The molecule has 0 radical (unpaired) electrons. The molecule has 1 atom stereocenters. The highest BCUT2D eigenvalue weighted by Gasteiger charge is 2.28. The van der Waals surface area contributed by atoms with Crippen molar-refractivity contribution in [1.29, 1.82) is 0 Å². The number of ether oxygens (including phenoxy) is 1. The predicted octanol–water partition coefficient (Wildman–Crippen LogP) is 5.42. The Hall–Kier alpha value is -2.20. The second kappa shape index (κ2) is 9.74. The molecule has 0 fully saturated rings. The van der Waals surface area contributed by atoms with E-state index in [1.54, 1.807) is 34.5 Å². The summed E-state index contributed by atoms with van der Waals surface area (Å²) in [5, 5.41) is 12.6. The maximum absolute atomic E-state index is 12.4. The van der Waals surface area contributed by atoms with Gasteiger partial charge in [-0.15, -0.1) is 16.4 Å². The number of fused-ring (bicyclic) bond motifs is 1. The van der Waals surface area contributed by atoms with Gasteiger partial charge in [0.2, 0.25) is 5.95 Å². The number of halogens is 2. The summed E-state index contributed by atoms with van der Waals surface area (Å²) in [6.07, 6.45) is 4.44. The van der Waals surface area contributed by atoms with Gasteiger partial charge in [0.1, 0.15) is 11.3 Å². The van der Waals surface area contributed by atoms with E-state index in [-0.39, 0.29) is 5.97 Å². The van der Waals surface area contributed by atoms with Crippen LogP contribution in [-0.2, 0) is 24.1 Å². The molecule has 11 heteroatoms. The van der Waals surface area contributed by atoms with Crippen LogP contribution >= 0.6 is 46.8 Å². The topological polar surface area (TPSA) is 81.1 Å². The van der Waals surface area contributed by atoms with Gasteiger partial charge in [0.15, 0.2) is 5.11 Å². The average molecular weight is 510 g/mol. The molecule has 2 aromatic heterocycles. The number of carbonyl (C=O) groups is 1. The summed E-state index contributed by atoms with van der Waals surface area (Å²) in [4.78, 5) is 17.9. The SMILES string of the molecule is COC(=O)c1c(NC(=S)Nc2ncn(Cc3ccc(Cl)cc3Cl)n2)sc2c1CCC(C)C2. The number of hydrogen-bond donors (Lipinski definition) is 2. The van der Waals surface area contributed by atoms with E-state index in [0.717, 1.165) is 30.4 Å². The van der Waals surface area contributed by atoms with Crippen molar-refractivity contribution in [2.24, 2.45) is 5.92 Å². The number of nitrogens with one attached hydrogen (secondary N) is 2. The van der Waals surface area contributed by atoms with E-state index in [0.29, 0.717) is 44.1 Å². The summed E-state index contributed by atoms with van der Waals surface area (Å²) >= 11 is 19.2. The van der Waals surface area contributed by atoms with E-state index < -0.39 is 0 Å². The van der Waals surface area contributed by atoms with E-state index in [9.17, 15) is 4.79 Å². The maximum Gasteiger partial charge on any atom is 0.341 e. The number of nitrogens with zero attached hydrogens (tertiary/aromatic N) is 3. The number of anilines is 2. The minimum atomic E-state index is -0.357. The van der Waals surface area contributed by atoms with Gasteiger partial charge in [0.25, 0.3) is 0 Å². The van der Waals surface area contributed by atoms with Gasteiger partial charge >= 0.3 is 5.97 Å². The van der Waals surface area contributed by atoms with Gasteiger partial charge in [-0.05, 0) is 60.7 Å². The Balaban J connectivity index is 1.46. The van der Waals surface area contributed by atoms with Crippen molar-refractivity contribution >= 4 is 68.8 Å². The molecular formula is C21H21Cl2N5O2S2. The minimum Gasteiger partial charge on any atom is -0.465 e. The van der Waals surface area contributed by atoms with Crippen LogP contribution in [0, 0.1) is 5.92 Å². The normalized spacial score (nSPS) is 15.2. The van der Waals surface area contributed by atoms with Gasteiger partial charge in [-0.2, -0.15) is 0 Å². The zero-order valence-corrected chi connectivity index (χ0v) is 20.6. The van der Waals surface area contributed by atoms with E-state index in [1.165, 1.54) is 12.0 Å². The number of aromatic nitrogens is 3. The zero-order valence-electron chi connectivity index (χ0n) is 17.4. The molecule has 3 aromatic rings. The summed E-state index contributed by atoms with van der Waals surface area (Å²) in [7, 11) is 1.39. The van der Waals surface area contributed by atoms with Crippen LogP contribution in [0.1, 0.15) is 39.7 Å². The molecule has 2 N–H and O–H groups in total. The smallest absolute Gasteiger partial charge is 0.341 e. The van der Waals surface area contributed by atoms with Crippen LogP contribution in [0.2, 0.25) is 10.0 Å². The van der Waals surface area contributed by atoms with Gasteiger partial charge in [-0.3, -0.25) is 5.32 Å². The monoisotopic (exact) mass is 509 g/mol. The van der Waals surface area contributed by atoms with Crippen molar-refractivity contribution in [3.05, 3.63) is 56.1 Å². The van der Waals surface area contributed by atoms with Crippen molar-refractivity contribution in [2.75, 3.05) is 17.7 Å². The Morgan fingerprint density at radius 2 is 2.19 bits per heavy atom. The third kappa shape index (κ3) is 5.06. The first-order valence-corrected chi connectivity index (χ1v) is 12.0. The zero-order chi connectivity index (χ0) is 22.8. The Morgan fingerprint density at radius 3 is 2.94 bits per heavy atom. The van der Waals surface area contributed by atoms with Crippen LogP contribution in [0.15, 0.2) is 24.5 Å². The first kappa shape index (κ1) is 23.0. The quantitative estimate of drug-likeness (QED) is 0.351. The van der Waals surface area contributed by atoms with Crippen molar-refractivity contribution in [1.82, 2.24) is 14.8 Å². The second-order valence-corrected chi connectivity index (χ2v) is 9.99. The fourth-order valence-corrected chi connectivity index (χ4v) is 5.77. The van der Waals surface area contributed by atoms with E-state index in [4.69, 9.17) is 40.2 Å². The largest absolute Gasteiger partial charge is 0.465 e. The van der Waals surface area contributed by atoms with Crippen molar-refractivity contribution in [3.63, 3.8) is 0 Å². The molecule has 2 heterocycles. The van der Waals surface area contributed by atoms with Gasteiger partial charge < -0.3 is 10.1 Å². The van der Waals surface area contributed by atoms with Crippen LogP contribution < -0.4 is 10.6 Å². The summed E-state index contributed by atoms with van der Waals surface area (Å²) in [5.41, 5.74) is 2.50. The lowest BCUT2D eigenvalue weighted by Crippen LogP contribution is -2.21. The number of thiocarbonyl (C=S) groups is 1. The lowest BCUT2D eigenvalue weighted by Gasteiger charge is -2.18. The molecule has 7 nitrogen and oxygen atoms in total. The fourth-order valence-electron chi connectivity index (χ4n) is 3.65. The average Bonchev–Trinajstić information content (AvgIpc) is 3.32. The number of thiophene rings is 1. The lowest BCUT2D eigenvalue weighted by atomic mass is 9.88. The molecule has 4 rings (SSSR count). The highest BCUT2D eigenvalue weighted by atomic mass is 35.5. The molecule has 0 aliphatic heterocycles. The van der Waals surface area contributed by atoms with Crippen LogP contribution in [0.4, 0.5) is 10.9 Å². The number of rotatable bonds is 5. The highest BCUT2D eigenvalue weighted by molar-refractivity contribution is 7.80. The molecule has 0 bridgehead atoms. The molecule has 32 heavy (non-hydrogen) atoms. The molecular weight excluding hydrogens is 489 g/mol. The molecule has 0 saturated heterocycles. The van der Waals surface area contributed by atoms with Crippen molar-refractivity contribution in [3.8, 4) is 0 Å². The number of carbonyl (C=O) groups excluding carboxylic acids is 1. The second-order valence-electron chi connectivity index (χ2n) is 7.63. The lowest BCUT2D eigenvalue weighted by molar-refractivity contribution is 0.0601. The Kier molecular flexibility index (Phi) is 6.99. The summed E-state index contributed by atoms with van der Waals surface area (Å²) < 4.78 is 6.67. The van der Waals surface area contributed by atoms with E-state index in [2.05, 4.69) is 27.6 Å². The molecule has 1 unspecified atom stereocenters. The molecule has 1 aromatic carbocycles. The number of hydrogen-bond acceptors (Lipinski definition) is 6. The predicted molar refractivity (Wildman–Crippen MR) is 132 cm³/mol. The maximum atomic E-state index is 12.4. The van der Waals surface area contributed by atoms with E-state index >= 15 is 0 Å². The summed E-state index contributed by atoms with van der Waals surface area (Å²) in [6.45, 7) is 2.66.